The minimum atomic E-state index is -4.92. The first kappa shape index (κ1) is 16.9. The first-order valence-electron chi connectivity index (χ1n) is 6.14. The fourth-order valence-corrected chi connectivity index (χ4v) is 1.48. The number of rotatable bonds is 5. The molecule has 114 valence electrons. The molecule has 0 saturated carbocycles. The van der Waals surface area contributed by atoms with Gasteiger partial charge in [-0.25, -0.2) is 4.79 Å². The Morgan fingerprint density at radius 3 is 2.38 bits per heavy atom. The van der Waals surface area contributed by atoms with Crippen LogP contribution in [0.1, 0.15) is 18.9 Å². The molecule has 0 N–H and O–H groups in total. The molecule has 0 unspecified atom stereocenters. The van der Waals surface area contributed by atoms with E-state index in [0.29, 0.717) is 5.56 Å². The van der Waals surface area contributed by atoms with Crippen LogP contribution in [0.3, 0.4) is 0 Å². The van der Waals surface area contributed by atoms with Crippen molar-refractivity contribution in [3.63, 3.8) is 0 Å². The van der Waals surface area contributed by atoms with E-state index in [2.05, 4.69) is 4.74 Å². The van der Waals surface area contributed by atoms with Gasteiger partial charge in [0.05, 0.1) is 5.57 Å². The van der Waals surface area contributed by atoms with E-state index in [1.54, 1.807) is 30.3 Å². The summed E-state index contributed by atoms with van der Waals surface area (Å²) in [6.45, 7) is 1.21. The average Bonchev–Trinajstić information content (AvgIpc) is 2.44. The van der Waals surface area contributed by atoms with Crippen LogP contribution in [0.5, 0.6) is 0 Å². The zero-order chi connectivity index (χ0) is 15.9. The fraction of sp³-hybridized carbons (Fsp3) is 0.267. The lowest BCUT2D eigenvalue weighted by molar-refractivity contribution is -0.143. The number of carbonyl (C=O) groups is 1. The van der Waals surface area contributed by atoms with Crippen LogP contribution in [0.4, 0.5) is 17.6 Å². The molecule has 0 fully saturated rings. The molecular weight excluding hydrogens is 288 g/mol. The van der Waals surface area contributed by atoms with Crippen molar-refractivity contribution in [3.8, 4) is 0 Å². The minimum absolute atomic E-state index is 0.290. The predicted molar refractivity (Wildman–Crippen MR) is 69.9 cm³/mol. The standard InChI is InChI=1S/C15H14F4O2/c1-2-3-9-12(15(17,18)19)13(16)14(20)21-10-11-7-5-4-6-8-11/h2-8H,9-10H2,1H3/b3-2+,13-12+. The van der Waals surface area contributed by atoms with E-state index in [1.807, 2.05) is 0 Å². The number of alkyl halides is 3. The van der Waals surface area contributed by atoms with E-state index in [9.17, 15) is 22.4 Å². The highest BCUT2D eigenvalue weighted by molar-refractivity contribution is 5.87. The molecule has 1 aromatic carbocycles. The van der Waals surface area contributed by atoms with Crippen LogP contribution >= 0.6 is 0 Å². The monoisotopic (exact) mass is 302 g/mol. The summed E-state index contributed by atoms with van der Waals surface area (Å²) in [5.41, 5.74) is -0.987. The van der Waals surface area contributed by atoms with E-state index in [-0.39, 0.29) is 6.61 Å². The Kier molecular flexibility index (Phi) is 6.14. The SMILES string of the molecule is C/C=C/C/C(=C(\F)C(=O)OCc1ccccc1)C(F)(F)F. The molecule has 0 heterocycles. The van der Waals surface area contributed by atoms with Gasteiger partial charge in [0.25, 0.3) is 0 Å². The topological polar surface area (TPSA) is 26.3 Å². The summed E-state index contributed by atoms with van der Waals surface area (Å²) in [4.78, 5) is 11.4. The number of esters is 1. The third-order valence-corrected chi connectivity index (χ3v) is 2.56. The van der Waals surface area contributed by atoms with Crippen LogP contribution in [0.25, 0.3) is 0 Å². The van der Waals surface area contributed by atoms with Crippen LogP contribution in [-0.2, 0) is 16.1 Å². The van der Waals surface area contributed by atoms with Crippen molar-refractivity contribution < 1.29 is 27.1 Å². The van der Waals surface area contributed by atoms with Gasteiger partial charge in [0.2, 0.25) is 5.83 Å². The van der Waals surface area contributed by atoms with Crippen LogP contribution in [-0.4, -0.2) is 12.1 Å². The minimum Gasteiger partial charge on any atom is -0.456 e. The molecule has 0 saturated heterocycles. The number of ether oxygens (including phenoxy) is 1. The maximum Gasteiger partial charge on any atom is 0.416 e. The molecule has 0 aliphatic carbocycles. The van der Waals surface area contributed by atoms with Crippen LogP contribution < -0.4 is 0 Å². The molecule has 1 rings (SSSR count). The van der Waals surface area contributed by atoms with Crippen molar-refractivity contribution in [1.82, 2.24) is 0 Å². The largest absolute Gasteiger partial charge is 0.456 e. The highest BCUT2D eigenvalue weighted by atomic mass is 19.4. The maximum absolute atomic E-state index is 13.6. The zero-order valence-electron chi connectivity index (χ0n) is 11.3. The van der Waals surface area contributed by atoms with Gasteiger partial charge in [0.15, 0.2) is 0 Å². The molecule has 0 bridgehead atoms. The van der Waals surface area contributed by atoms with Gasteiger partial charge >= 0.3 is 12.1 Å². The number of hydrogen-bond donors (Lipinski definition) is 0. The number of carbonyl (C=O) groups excluding carboxylic acids is 1. The van der Waals surface area contributed by atoms with Gasteiger partial charge in [-0.1, -0.05) is 42.5 Å². The highest BCUT2D eigenvalue weighted by Gasteiger charge is 2.38. The Labute approximate surface area is 119 Å². The van der Waals surface area contributed by atoms with Gasteiger partial charge in [0.1, 0.15) is 6.61 Å². The quantitative estimate of drug-likeness (QED) is 0.347. The van der Waals surface area contributed by atoms with Gasteiger partial charge in [-0.05, 0) is 18.9 Å². The van der Waals surface area contributed by atoms with Gasteiger partial charge in [0, 0.05) is 0 Å². The molecule has 2 nitrogen and oxygen atoms in total. The molecule has 0 aliphatic heterocycles. The van der Waals surface area contributed by atoms with Crippen molar-refractivity contribution >= 4 is 5.97 Å². The summed E-state index contributed by atoms with van der Waals surface area (Å²) in [7, 11) is 0. The molecule has 1 aromatic rings. The van der Waals surface area contributed by atoms with Crippen molar-refractivity contribution in [3.05, 3.63) is 59.4 Å². The zero-order valence-corrected chi connectivity index (χ0v) is 11.3. The lowest BCUT2D eigenvalue weighted by Gasteiger charge is -2.11. The summed E-state index contributed by atoms with van der Waals surface area (Å²) >= 11 is 0. The Morgan fingerprint density at radius 2 is 1.86 bits per heavy atom. The Bertz CT molecular complexity index is 530. The summed E-state index contributed by atoms with van der Waals surface area (Å²) < 4.78 is 56.2. The second-order valence-electron chi connectivity index (χ2n) is 4.13. The van der Waals surface area contributed by atoms with Gasteiger partial charge in [-0.15, -0.1) is 0 Å². The molecule has 0 aliphatic rings. The Balaban J connectivity index is 2.83. The van der Waals surface area contributed by atoms with E-state index < -0.39 is 30.0 Å². The summed E-state index contributed by atoms with van der Waals surface area (Å²) in [5.74, 6) is -3.52. The Morgan fingerprint density at radius 1 is 1.24 bits per heavy atom. The van der Waals surface area contributed by atoms with Gasteiger partial charge in [-0.2, -0.15) is 17.6 Å². The van der Waals surface area contributed by atoms with Crippen molar-refractivity contribution in [2.24, 2.45) is 0 Å². The summed E-state index contributed by atoms with van der Waals surface area (Å²) in [5, 5.41) is 0. The molecule has 21 heavy (non-hydrogen) atoms. The molecule has 0 spiro atoms. The third kappa shape index (κ3) is 5.41. The van der Waals surface area contributed by atoms with E-state index in [1.165, 1.54) is 13.0 Å². The molecule has 0 atom stereocenters. The molecule has 0 aromatic heterocycles. The second kappa shape index (κ2) is 7.61. The molecule has 0 radical (unpaired) electrons. The first-order chi connectivity index (χ1) is 9.86. The van der Waals surface area contributed by atoms with Crippen molar-refractivity contribution in [1.29, 1.82) is 0 Å². The van der Waals surface area contributed by atoms with Crippen molar-refractivity contribution in [2.75, 3.05) is 0 Å². The number of halogens is 4. The predicted octanol–water partition coefficient (Wildman–Crippen LogP) is 4.48. The van der Waals surface area contributed by atoms with Gasteiger partial charge in [-0.3, -0.25) is 0 Å². The second-order valence-corrected chi connectivity index (χ2v) is 4.13. The molecule has 6 heteroatoms. The molecule has 0 amide bonds. The maximum atomic E-state index is 13.6. The first-order valence-corrected chi connectivity index (χ1v) is 6.14. The lowest BCUT2D eigenvalue weighted by Crippen LogP contribution is -2.17. The third-order valence-electron chi connectivity index (χ3n) is 2.56. The smallest absolute Gasteiger partial charge is 0.416 e. The van der Waals surface area contributed by atoms with Crippen LogP contribution in [0.2, 0.25) is 0 Å². The van der Waals surface area contributed by atoms with E-state index >= 15 is 0 Å². The van der Waals surface area contributed by atoms with Crippen LogP contribution in [0, 0.1) is 0 Å². The average molecular weight is 302 g/mol. The van der Waals surface area contributed by atoms with Crippen LogP contribution in [0.15, 0.2) is 53.9 Å². The number of benzene rings is 1. The summed E-state index contributed by atoms with van der Waals surface area (Å²) in [6, 6.07) is 8.29. The number of allylic oxidation sites excluding steroid dienone is 3. The van der Waals surface area contributed by atoms with E-state index in [4.69, 9.17) is 0 Å². The van der Waals surface area contributed by atoms with E-state index in [0.717, 1.165) is 6.08 Å². The van der Waals surface area contributed by atoms with Crippen molar-refractivity contribution in [2.45, 2.75) is 26.1 Å². The normalized spacial score (nSPS) is 13.2. The summed E-state index contributed by atoms with van der Waals surface area (Å²) in [6.07, 6.45) is -3.18. The lowest BCUT2D eigenvalue weighted by atomic mass is 10.1. The Hall–Kier alpha value is -2.11. The van der Waals surface area contributed by atoms with Gasteiger partial charge < -0.3 is 4.74 Å². The molecular formula is C15H14F4O2. The number of hydrogen-bond acceptors (Lipinski definition) is 2. The highest BCUT2D eigenvalue weighted by Crippen LogP contribution is 2.32. The fourth-order valence-electron chi connectivity index (χ4n) is 1.48.